The Kier molecular flexibility index (Phi) is 2.74. The van der Waals surface area contributed by atoms with Crippen LogP contribution < -0.4 is 10.6 Å². The number of hydrogen-bond donors (Lipinski definition) is 1. The van der Waals surface area contributed by atoms with E-state index < -0.39 is 0 Å². The van der Waals surface area contributed by atoms with Gasteiger partial charge in [0, 0.05) is 30.4 Å². The van der Waals surface area contributed by atoms with Crippen molar-refractivity contribution in [3.05, 3.63) is 17.1 Å². The average Bonchev–Trinajstić information content (AvgIpc) is 2.74. The summed E-state index contributed by atoms with van der Waals surface area (Å²) in [5.74, 6) is 2.07. The van der Waals surface area contributed by atoms with Gasteiger partial charge in [-0.05, 0) is 39.0 Å². The molecule has 0 radical (unpaired) electrons. The summed E-state index contributed by atoms with van der Waals surface area (Å²) in [6.45, 7) is 3.99. The van der Waals surface area contributed by atoms with Crippen LogP contribution in [-0.4, -0.2) is 29.1 Å². The van der Waals surface area contributed by atoms with Gasteiger partial charge in [0.05, 0.1) is 0 Å². The highest BCUT2D eigenvalue weighted by Gasteiger charge is 2.25. The fourth-order valence-electron chi connectivity index (χ4n) is 2.94. The Morgan fingerprint density at radius 1 is 1.24 bits per heavy atom. The molecule has 17 heavy (non-hydrogen) atoms. The van der Waals surface area contributed by atoms with E-state index in [-0.39, 0.29) is 0 Å². The van der Waals surface area contributed by atoms with E-state index in [1.54, 1.807) is 0 Å². The lowest BCUT2D eigenvalue weighted by atomic mass is 9.96. The number of aromatic nitrogens is 2. The zero-order chi connectivity index (χ0) is 11.8. The monoisotopic (exact) mass is 232 g/mol. The Labute approximate surface area is 102 Å². The van der Waals surface area contributed by atoms with E-state index in [0.29, 0.717) is 6.04 Å². The van der Waals surface area contributed by atoms with Crippen LogP contribution in [0.25, 0.3) is 0 Å². The lowest BCUT2D eigenvalue weighted by molar-refractivity contribution is 0.653. The highest BCUT2D eigenvalue weighted by atomic mass is 15.2. The van der Waals surface area contributed by atoms with Crippen molar-refractivity contribution in [2.75, 3.05) is 18.0 Å². The van der Waals surface area contributed by atoms with Gasteiger partial charge in [-0.1, -0.05) is 0 Å². The van der Waals surface area contributed by atoms with Crippen LogP contribution in [0.4, 0.5) is 5.82 Å². The summed E-state index contributed by atoms with van der Waals surface area (Å²) in [7, 11) is 0. The fourth-order valence-corrected chi connectivity index (χ4v) is 2.94. The van der Waals surface area contributed by atoms with Gasteiger partial charge < -0.3 is 10.6 Å². The summed E-state index contributed by atoms with van der Waals surface area (Å²) in [4.78, 5) is 11.6. The van der Waals surface area contributed by atoms with Crippen molar-refractivity contribution in [2.45, 2.75) is 45.1 Å². The minimum absolute atomic E-state index is 0.310. The molecular weight excluding hydrogens is 212 g/mol. The minimum atomic E-state index is 0.310. The summed E-state index contributed by atoms with van der Waals surface area (Å²) in [5.41, 5.74) is 8.65. The molecule has 2 heterocycles. The maximum Gasteiger partial charge on any atom is 0.135 e. The highest BCUT2D eigenvalue weighted by molar-refractivity contribution is 5.51. The molecule has 92 valence electrons. The third kappa shape index (κ3) is 2.02. The molecule has 1 aromatic heterocycles. The first-order valence-corrected chi connectivity index (χ1v) is 6.61. The molecule has 1 aliphatic carbocycles. The third-order valence-electron chi connectivity index (χ3n) is 3.80. The lowest BCUT2D eigenvalue weighted by Gasteiger charge is -2.24. The molecule has 0 bridgehead atoms. The van der Waals surface area contributed by atoms with Crippen molar-refractivity contribution in [3.8, 4) is 0 Å². The van der Waals surface area contributed by atoms with E-state index in [0.717, 1.165) is 38.2 Å². The predicted octanol–water partition coefficient (Wildman–Crippen LogP) is 1.20. The molecule has 1 aliphatic heterocycles. The second-order valence-electron chi connectivity index (χ2n) is 5.22. The number of fused-ring (bicyclic) bond motifs is 1. The van der Waals surface area contributed by atoms with E-state index in [4.69, 9.17) is 5.73 Å². The van der Waals surface area contributed by atoms with Crippen molar-refractivity contribution < 1.29 is 0 Å². The Balaban J connectivity index is 2.00. The van der Waals surface area contributed by atoms with Gasteiger partial charge in [-0.3, -0.25) is 0 Å². The number of aryl methyl sites for hydroxylation is 2. The Morgan fingerprint density at radius 2 is 2.06 bits per heavy atom. The zero-order valence-corrected chi connectivity index (χ0v) is 10.4. The van der Waals surface area contributed by atoms with Gasteiger partial charge in [0.1, 0.15) is 11.6 Å². The quantitative estimate of drug-likeness (QED) is 0.790. The molecule has 1 saturated heterocycles. The number of anilines is 1. The van der Waals surface area contributed by atoms with E-state index in [1.165, 1.54) is 29.9 Å². The molecule has 2 aliphatic rings. The van der Waals surface area contributed by atoms with E-state index >= 15 is 0 Å². The summed E-state index contributed by atoms with van der Waals surface area (Å²) in [5, 5.41) is 0. The Bertz CT molecular complexity index is 430. The van der Waals surface area contributed by atoms with Gasteiger partial charge >= 0.3 is 0 Å². The van der Waals surface area contributed by atoms with Gasteiger partial charge in [0.2, 0.25) is 0 Å². The first-order valence-electron chi connectivity index (χ1n) is 6.61. The molecule has 1 aromatic rings. The van der Waals surface area contributed by atoms with E-state index in [9.17, 15) is 0 Å². The predicted molar refractivity (Wildman–Crippen MR) is 68.2 cm³/mol. The van der Waals surface area contributed by atoms with Crippen molar-refractivity contribution in [3.63, 3.8) is 0 Å². The molecular formula is C13H20N4. The fraction of sp³-hybridized carbons (Fsp3) is 0.692. The Morgan fingerprint density at radius 3 is 2.82 bits per heavy atom. The van der Waals surface area contributed by atoms with Gasteiger partial charge in [0.15, 0.2) is 0 Å². The minimum Gasteiger partial charge on any atom is -0.355 e. The Hall–Kier alpha value is -1.16. The van der Waals surface area contributed by atoms with Crippen LogP contribution in [-0.2, 0) is 12.8 Å². The molecule has 3 rings (SSSR count). The summed E-state index contributed by atoms with van der Waals surface area (Å²) in [6, 6.07) is 0.310. The lowest BCUT2D eigenvalue weighted by Crippen LogP contribution is -2.29. The molecule has 0 spiro atoms. The second kappa shape index (κ2) is 4.26. The molecule has 0 saturated carbocycles. The van der Waals surface area contributed by atoms with Crippen LogP contribution in [0.15, 0.2) is 0 Å². The zero-order valence-electron chi connectivity index (χ0n) is 10.4. The number of nitrogens with two attached hydrogens (primary N) is 1. The normalized spacial score (nSPS) is 23.9. The standard InChI is InChI=1S/C13H20N4/c1-9-15-12-5-3-2-4-11(12)13(16-9)17-7-6-10(14)8-17/h10H,2-8,14H2,1H3/t10-/m0/s1. The first-order chi connectivity index (χ1) is 8.24. The van der Waals surface area contributed by atoms with Crippen LogP contribution in [0.3, 0.4) is 0 Å². The average molecular weight is 232 g/mol. The van der Waals surface area contributed by atoms with Crippen LogP contribution >= 0.6 is 0 Å². The maximum atomic E-state index is 5.99. The van der Waals surface area contributed by atoms with Crippen molar-refractivity contribution >= 4 is 5.82 Å². The molecule has 4 heteroatoms. The van der Waals surface area contributed by atoms with E-state index in [1.807, 2.05) is 6.92 Å². The number of nitrogens with zero attached hydrogens (tertiary/aromatic N) is 3. The largest absolute Gasteiger partial charge is 0.355 e. The number of rotatable bonds is 1. The number of hydrogen-bond acceptors (Lipinski definition) is 4. The molecule has 0 unspecified atom stereocenters. The van der Waals surface area contributed by atoms with Crippen molar-refractivity contribution in [1.29, 1.82) is 0 Å². The topological polar surface area (TPSA) is 55.0 Å². The second-order valence-corrected chi connectivity index (χ2v) is 5.22. The summed E-state index contributed by atoms with van der Waals surface area (Å²) in [6.07, 6.45) is 5.87. The third-order valence-corrected chi connectivity index (χ3v) is 3.80. The van der Waals surface area contributed by atoms with Crippen LogP contribution in [0, 0.1) is 6.92 Å². The first kappa shape index (κ1) is 11.0. The van der Waals surface area contributed by atoms with Crippen LogP contribution in [0.2, 0.25) is 0 Å². The molecule has 4 nitrogen and oxygen atoms in total. The van der Waals surface area contributed by atoms with Gasteiger partial charge in [-0.15, -0.1) is 0 Å². The van der Waals surface area contributed by atoms with Crippen molar-refractivity contribution in [1.82, 2.24) is 9.97 Å². The molecule has 0 aromatic carbocycles. The summed E-state index contributed by atoms with van der Waals surface area (Å²) < 4.78 is 0. The maximum absolute atomic E-state index is 5.99. The van der Waals surface area contributed by atoms with Crippen LogP contribution in [0.5, 0.6) is 0 Å². The SMILES string of the molecule is Cc1nc2c(c(N3CC[C@H](N)C3)n1)CCCC2. The van der Waals surface area contributed by atoms with Gasteiger partial charge in [0.25, 0.3) is 0 Å². The van der Waals surface area contributed by atoms with Gasteiger partial charge in [-0.2, -0.15) is 0 Å². The van der Waals surface area contributed by atoms with Crippen molar-refractivity contribution in [2.24, 2.45) is 5.73 Å². The molecule has 2 N–H and O–H groups in total. The smallest absolute Gasteiger partial charge is 0.135 e. The molecule has 1 fully saturated rings. The molecule has 1 atom stereocenters. The highest BCUT2D eigenvalue weighted by Crippen LogP contribution is 2.29. The van der Waals surface area contributed by atoms with E-state index in [2.05, 4.69) is 14.9 Å². The van der Waals surface area contributed by atoms with Crippen LogP contribution in [0.1, 0.15) is 36.3 Å². The van der Waals surface area contributed by atoms with Gasteiger partial charge in [-0.25, -0.2) is 9.97 Å². The summed E-state index contributed by atoms with van der Waals surface area (Å²) >= 11 is 0. The molecule has 0 amide bonds.